The molecule has 2 aliphatic heterocycles. The van der Waals surface area contributed by atoms with Crippen molar-refractivity contribution in [1.29, 1.82) is 0 Å². The molecule has 108 valence electrons. The smallest absolute Gasteiger partial charge is 0.222 e. The van der Waals surface area contributed by atoms with Gasteiger partial charge in [-0.25, -0.2) is 0 Å². The lowest BCUT2D eigenvalue weighted by Gasteiger charge is -2.29. The van der Waals surface area contributed by atoms with Gasteiger partial charge in [0.25, 0.3) is 0 Å². The van der Waals surface area contributed by atoms with E-state index in [2.05, 4.69) is 29.6 Å². The summed E-state index contributed by atoms with van der Waals surface area (Å²) < 4.78 is 5.28. The first-order chi connectivity index (χ1) is 9.84. The highest BCUT2D eigenvalue weighted by Crippen LogP contribution is 2.26. The van der Waals surface area contributed by atoms with Crippen molar-refractivity contribution in [3.05, 3.63) is 35.4 Å². The number of rotatable bonds is 3. The molecule has 0 aliphatic carbocycles. The summed E-state index contributed by atoms with van der Waals surface area (Å²) in [6, 6.07) is 8.89. The Hall–Kier alpha value is -1.39. The minimum atomic E-state index is 0.262. The zero-order valence-corrected chi connectivity index (χ0v) is 11.8. The average Bonchev–Trinajstić information content (AvgIpc) is 2.53. The van der Waals surface area contributed by atoms with Crippen LogP contribution in [0.1, 0.15) is 30.0 Å². The van der Waals surface area contributed by atoms with Gasteiger partial charge in [-0.2, -0.15) is 0 Å². The van der Waals surface area contributed by atoms with Crippen LogP contribution in [0.4, 0.5) is 0 Å². The van der Waals surface area contributed by atoms with E-state index in [1.807, 2.05) is 4.90 Å². The maximum atomic E-state index is 12.2. The fourth-order valence-electron chi connectivity index (χ4n) is 3.09. The summed E-state index contributed by atoms with van der Waals surface area (Å²) in [6.07, 6.45) is 2.59. The molecule has 2 heterocycles. The highest BCUT2D eigenvalue weighted by atomic mass is 16.5. The van der Waals surface area contributed by atoms with Crippen LogP contribution in [0.15, 0.2) is 24.3 Å². The summed E-state index contributed by atoms with van der Waals surface area (Å²) in [5.41, 5.74) is 2.79. The largest absolute Gasteiger partial charge is 0.378 e. The van der Waals surface area contributed by atoms with Crippen molar-refractivity contribution in [3.8, 4) is 0 Å². The third kappa shape index (κ3) is 3.02. The molecule has 1 saturated heterocycles. The standard InChI is InChI=1S/C16H22N2O2/c19-16(18-9-11-20-12-10-18)6-5-15-14-4-2-1-3-13(14)7-8-17-15/h1-4,15,17H,5-12H2. The lowest BCUT2D eigenvalue weighted by atomic mass is 9.91. The molecule has 2 aliphatic rings. The second kappa shape index (κ2) is 6.37. The average molecular weight is 274 g/mol. The molecule has 4 heteroatoms. The Labute approximate surface area is 120 Å². The van der Waals surface area contributed by atoms with E-state index in [0.717, 1.165) is 32.5 Å². The third-order valence-electron chi connectivity index (χ3n) is 4.23. The van der Waals surface area contributed by atoms with Gasteiger partial charge in [-0.05, 0) is 30.5 Å². The van der Waals surface area contributed by atoms with Gasteiger partial charge in [0.05, 0.1) is 13.2 Å². The minimum Gasteiger partial charge on any atom is -0.378 e. The van der Waals surface area contributed by atoms with Crippen LogP contribution in [-0.4, -0.2) is 43.7 Å². The predicted octanol–water partition coefficient (Wildman–Crippen LogP) is 1.51. The van der Waals surface area contributed by atoms with Crippen molar-refractivity contribution >= 4 is 5.91 Å². The number of ether oxygens (including phenoxy) is 1. The highest BCUT2D eigenvalue weighted by molar-refractivity contribution is 5.76. The van der Waals surface area contributed by atoms with E-state index in [0.29, 0.717) is 25.7 Å². The first kappa shape index (κ1) is 13.6. The Morgan fingerprint density at radius 2 is 2.10 bits per heavy atom. The van der Waals surface area contributed by atoms with E-state index in [-0.39, 0.29) is 5.91 Å². The second-order valence-corrected chi connectivity index (χ2v) is 5.49. The number of morpholine rings is 1. The molecular weight excluding hydrogens is 252 g/mol. The minimum absolute atomic E-state index is 0.262. The summed E-state index contributed by atoms with van der Waals surface area (Å²) in [5.74, 6) is 0.262. The third-order valence-corrected chi connectivity index (χ3v) is 4.23. The quantitative estimate of drug-likeness (QED) is 0.908. The molecule has 3 rings (SSSR count). The first-order valence-corrected chi connectivity index (χ1v) is 7.51. The number of nitrogens with zero attached hydrogens (tertiary/aromatic N) is 1. The number of hydrogen-bond donors (Lipinski definition) is 1. The van der Waals surface area contributed by atoms with Crippen molar-refractivity contribution < 1.29 is 9.53 Å². The normalized spacial score (nSPS) is 22.4. The molecule has 0 aromatic heterocycles. The molecule has 0 bridgehead atoms. The fraction of sp³-hybridized carbons (Fsp3) is 0.562. The summed E-state index contributed by atoms with van der Waals surface area (Å²) in [5, 5.41) is 3.54. The summed E-state index contributed by atoms with van der Waals surface area (Å²) in [6.45, 7) is 3.85. The molecule has 0 saturated carbocycles. The first-order valence-electron chi connectivity index (χ1n) is 7.51. The van der Waals surface area contributed by atoms with Gasteiger partial charge in [-0.1, -0.05) is 24.3 Å². The number of benzene rings is 1. The molecule has 1 fully saturated rings. The molecule has 1 aromatic carbocycles. The predicted molar refractivity (Wildman–Crippen MR) is 77.5 cm³/mol. The van der Waals surface area contributed by atoms with Crippen LogP contribution in [0.25, 0.3) is 0 Å². The summed E-state index contributed by atoms with van der Waals surface area (Å²) in [4.78, 5) is 14.1. The Morgan fingerprint density at radius 3 is 2.95 bits per heavy atom. The second-order valence-electron chi connectivity index (χ2n) is 5.49. The summed E-state index contributed by atoms with van der Waals surface area (Å²) >= 11 is 0. The van der Waals surface area contributed by atoms with Crippen molar-refractivity contribution in [2.45, 2.75) is 25.3 Å². The van der Waals surface area contributed by atoms with Crippen LogP contribution in [0.5, 0.6) is 0 Å². The Balaban J connectivity index is 1.57. The van der Waals surface area contributed by atoms with Gasteiger partial charge in [0.1, 0.15) is 0 Å². The monoisotopic (exact) mass is 274 g/mol. The van der Waals surface area contributed by atoms with E-state index in [1.54, 1.807) is 0 Å². The SMILES string of the molecule is O=C(CCC1NCCc2ccccc21)N1CCOCC1. The number of carbonyl (C=O) groups excluding carboxylic acids is 1. The van der Waals surface area contributed by atoms with Crippen molar-refractivity contribution in [3.63, 3.8) is 0 Å². The number of nitrogens with one attached hydrogen (secondary N) is 1. The molecule has 20 heavy (non-hydrogen) atoms. The summed E-state index contributed by atoms with van der Waals surface area (Å²) in [7, 11) is 0. The molecule has 1 amide bonds. The van der Waals surface area contributed by atoms with Crippen LogP contribution in [0, 0.1) is 0 Å². The maximum Gasteiger partial charge on any atom is 0.222 e. The zero-order chi connectivity index (χ0) is 13.8. The van der Waals surface area contributed by atoms with E-state index >= 15 is 0 Å². The van der Waals surface area contributed by atoms with Gasteiger partial charge >= 0.3 is 0 Å². The molecule has 0 radical (unpaired) electrons. The lowest BCUT2D eigenvalue weighted by Crippen LogP contribution is -2.41. The topological polar surface area (TPSA) is 41.6 Å². The van der Waals surface area contributed by atoms with Crippen LogP contribution in [0.3, 0.4) is 0 Å². The molecule has 0 spiro atoms. The number of amides is 1. The molecule has 1 unspecified atom stereocenters. The lowest BCUT2D eigenvalue weighted by molar-refractivity contribution is -0.135. The van der Waals surface area contributed by atoms with Gasteiger partial charge < -0.3 is 15.0 Å². The van der Waals surface area contributed by atoms with Gasteiger partial charge in [0.15, 0.2) is 0 Å². The Kier molecular flexibility index (Phi) is 4.33. The Bertz CT molecular complexity index is 469. The zero-order valence-electron chi connectivity index (χ0n) is 11.8. The van der Waals surface area contributed by atoms with Crippen LogP contribution in [0.2, 0.25) is 0 Å². The van der Waals surface area contributed by atoms with E-state index in [4.69, 9.17) is 4.74 Å². The van der Waals surface area contributed by atoms with E-state index < -0.39 is 0 Å². The molecule has 1 atom stereocenters. The molecular formula is C16H22N2O2. The van der Waals surface area contributed by atoms with Crippen molar-refractivity contribution in [1.82, 2.24) is 10.2 Å². The molecule has 1 aromatic rings. The maximum absolute atomic E-state index is 12.2. The van der Waals surface area contributed by atoms with Gasteiger partial charge in [0, 0.05) is 25.6 Å². The van der Waals surface area contributed by atoms with Crippen molar-refractivity contribution in [2.24, 2.45) is 0 Å². The molecule has 1 N–H and O–H groups in total. The number of fused-ring (bicyclic) bond motifs is 1. The van der Waals surface area contributed by atoms with Gasteiger partial charge in [0.2, 0.25) is 5.91 Å². The number of carbonyl (C=O) groups is 1. The van der Waals surface area contributed by atoms with E-state index in [9.17, 15) is 4.79 Å². The van der Waals surface area contributed by atoms with Crippen LogP contribution in [-0.2, 0) is 16.0 Å². The Morgan fingerprint density at radius 1 is 1.30 bits per heavy atom. The van der Waals surface area contributed by atoms with Crippen LogP contribution >= 0.6 is 0 Å². The van der Waals surface area contributed by atoms with Crippen molar-refractivity contribution in [2.75, 3.05) is 32.8 Å². The van der Waals surface area contributed by atoms with Gasteiger partial charge in [-0.15, -0.1) is 0 Å². The van der Waals surface area contributed by atoms with Crippen LogP contribution < -0.4 is 5.32 Å². The molecule has 4 nitrogen and oxygen atoms in total. The van der Waals surface area contributed by atoms with E-state index in [1.165, 1.54) is 11.1 Å². The fourth-order valence-corrected chi connectivity index (χ4v) is 3.09. The van der Waals surface area contributed by atoms with Gasteiger partial charge in [-0.3, -0.25) is 4.79 Å². The highest BCUT2D eigenvalue weighted by Gasteiger charge is 2.22. The number of hydrogen-bond acceptors (Lipinski definition) is 3.